The minimum Gasteiger partial charge on any atom is -0.468 e. The monoisotopic (exact) mass is 126 g/mol. The molecular weight excluding hydrogens is 116 g/mol. The van der Waals surface area contributed by atoms with Crippen LogP contribution in [0.15, 0.2) is 25.5 Å². The van der Waals surface area contributed by atoms with Gasteiger partial charge < -0.3 is 9.47 Å². The highest BCUT2D eigenvalue weighted by atomic mass is 16.8. The summed E-state index contributed by atoms with van der Waals surface area (Å²) in [6, 6.07) is 0. The summed E-state index contributed by atoms with van der Waals surface area (Å²) in [5.41, 5.74) is 0. The van der Waals surface area contributed by atoms with Gasteiger partial charge in [-0.1, -0.05) is 12.7 Å². The van der Waals surface area contributed by atoms with Crippen LogP contribution in [0.3, 0.4) is 0 Å². The average molecular weight is 126 g/mol. The normalized spacial score (nSPS) is 31.1. The molecule has 0 saturated carbocycles. The Labute approximate surface area is 54.8 Å². The summed E-state index contributed by atoms with van der Waals surface area (Å²) in [5, 5.41) is 0. The Morgan fingerprint density at radius 1 is 1.67 bits per heavy atom. The lowest BCUT2D eigenvalue weighted by Crippen LogP contribution is -2.10. The number of hydrogen-bond acceptors (Lipinski definition) is 2. The topological polar surface area (TPSA) is 21.8 Å². The molecule has 0 aliphatic carbocycles. The maximum Gasteiger partial charge on any atom is 0.237 e. The lowest BCUT2D eigenvalue weighted by atomic mass is 10.3. The first-order valence-corrected chi connectivity index (χ1v) is 2.86. The predicted molar refractivity (Wildman–Crippen MR) is 34.8 cm³/mol. The van der Waals surface area contributed by atoms with E-state index in [0.717, 1.165) is 6.42 Å². The van der Waals surface area contributed by atoms with Gasteiger partial charge in [0.05, 0.1) is 6.26 Å². The van der Waals surface area contributed by atoms with Crippen LogP contribution in [0, 0.1) is 0 Å². The van der Waals surface area contributed by atoms with E-state index in [0.29, 0.717) is 6.61 Å². The molecule has 1 rings (SSSR count). The van der Waals surface area contributed by atoms with Gasteiger partial charge in [0.15, 0.2) is 0 Å². The average Bonchev–Trinajstić information content (AvgIpc) is 2.51. The van der Waals surface area contributed by atoms with Crippen molar-refractivity contribution in [3.63, 3.8) is 0 Å². The molecule has 0 spiro atoms. The van der Waals surface area contributed by atoms with Crippen LogP contribution in [-0.2, 0) is 9.47 Å². The molecule has 1 heterocycles. The Bertz CT molecular complexity index is 113. The number of ether oxygens (including phenoxy) is 2. The molecule has 2 heteroatoms. The summed E-state index contributed by atoms with van der Waals surface area (Å²) >= 11 is 0. The van der Waals surface area contributed by atoms with Crippen LogP contribution in [0.5, 0.6) is 0 Å². The summed E-state index contributed by atoms with van der Waals surface area (Å²) in [7, 11) is 0. The summed E-state index contributed by atoms with van der Waals surface area (Å²) in [6.07, 6.45) is 3.91. The van der Waals surface area contributed by atoms with Crippen LogP contribution in [0.2, 0.25) is 0 Å². The molecule has 0 bridgehead atoms. The van der Waals surface area contributed by atoms with E-state index in [9.17, 15) is 0 Å². The molecule has 1 aliphatic heterocycles. The Morgan fingerprint density at radius 3 is 2.67 bits per heavy atom. The zero-order valence-electron chi connectivity index (χ0n) is 5.30. The molecule has 0 N–H and O–H groups in total. The largest absolute Gasteiger partial charge is 0.468 e. The first-order valence-electron chi connectivity index (χ1n) is 2.86. The van der Waals surface area contributed by atoms with Crippen molar-refractivity contribution in [2.45, 2.75) is 12.2 Å². The fourth-order valence-electron chi connectivity index (χ4n) is 0.686. The van der Waals surface area contributed by atoms with Crippen molar-refractivity contribution >= 4 is 0 Å². The number of hydrogen-bond donors (Lipinski definition) is 0. The molecule has 1 unspecified atom stereocenters. The summed E-state index contributed by atoms with van der Waals surface area (Å²) < 4.78 is 10.1. The van der Waals surface area contributed by atoms with Crippen molar-refractivity contribution in [3.8, 4) is 0 Å². The minimum atomic E-state index is -0.385. The van der Waals surface area contributed by atoms with Crippen LogP contribution in [0.4, 0.5) is 0 Å². The quantitative estimate of drug-likeness (QED) is 0.323. The van der Waals surface area contributed by atoms with E-state index in [4.69, 9.17) is 9.47 Å². The predicted octanol–water partition coefficient (Wildman–Crippen LogP) is 1.45. The van der Waals surface area contributed by atoms with Gasteiger partial charge in [0, 0.05) is 6.42 Å². The van der Waals surface area contributed by atoms with Gasteiger partial charge in [0.2, 0.25) is 5.79 Å². The summed E-state index contributed by atoms with van der Waals surface area (Å²) in [6.45, 7) is 7.66. The molecule has 2 nitrogen and oxygen atoms in total. The van der Waals surface area contributed by atoms with Gasteiger partial charge in [-0.25, -0.2) is 0 Å². The fraction of sp³-hybridized carbons (Fsp3) is 0.429. The zero-order valence-corrected chi connectivity index (χ0v) is 5.30. The van der Waals surface area contributed by atoms with Crippen LogP contribution < -0.4 is 0 Å². The molecule has 0 aromatic heterocycles. The highest BCUT2D eigenvalue weighted by molar-refractivity contribution is 4.90. The molecule has 0 amide bonds. The van der Waals surface area contributed by atoms with Crippen molar-refractivity contribution in [1.29, 1.82) is 0 Å². The minimum absolute atomic E-state index is 0.385. The Morgan fingerprint density at radius 2 is 2.33 bits per heavy atom. The molecule has 0 aromatic rings. The maximum absolute atomic E-state index is 5.05. The number of rotatable bonds is 4. The summed E-state index contributed by atoms with van der Waals surface area (Å²) in [4.78, 5) is 0. The van der Waals surface area contributed by atoms with Crippen molar-refractivity contribution in [2.75, 3.05) is 6.61 Å². The van der Waals surface area contributed by atoms with Crippen molar-refractivity contribution in [2.24, 2.45) is 0 Å². The molecule has 9 heavy (non-hydrogen) atoms. The van der Waals surface area contributed by atoms with Crippen LogP contribution in [0.25, 0.3) is 0 Å². The SMILES string of the molecule is C=CCC1(OC=C)CO1. The zero-order chi connectivity index (χ0) is 6.74. The van der Waals surface area contributed by atoms with Gasteiger partial charge in [-0.3, -0.25) is 0 Å². The Hall–Kier alpha value is -0.760. The van der Waals surface area contributed by atoms with Crippen molar-refractivity contribution in [1.82, 2.24) is 0 Å². The van der Waals surface area contributed by atoms with E-state index in [1.165, 1.54) is 6.26 Å². The second-order valence-corrected chi connectivity index (χ2v) is 1.98. The van der Waals surface area contributed by atoms with E-state index >= 15 is 0 Å². The number of epoxide rings is 1. The van der Waals surface area contributed by atoms with Gasteiger partial charge in [-0.05, 0) is 0 Å². The second kappa shape index (κ2) is 2.23. The van der Waals surface area contributed by atoms with Gasteiger partial charge in [-0.15, -0.1) is 6.58 Å². The third-order valence-electron chi connectivity index (χ3n) is 1.22. The third-order valence-corrected chi connectivity index (χ3v) is 1.22. The van der Waals surface area contributed by atoms with Gasteiger partial charge >= 0.3 is 0 Å². The van der Waals surface area contributed by atoms with Gasteiger partial charge in [0.1, 0.15) is 6.61 Å². The molecule has 0 radical (unpaired) electrons. The molecule has 50 valence electrons. The maximum atomic E-state index is 5.05. The Kier molecular flexibility index (Phi) is 1.58. The lowest BCUT2D eigenvalue weighted by Gasteiger charge is -2.06. The van der Waals surface area contributed by atoms with Crippen LogP contribution >= 0.6 is 0 Å². The highest BCUT2D eigenvalue weighted by Crippen LogP contribution is 2.32. The molecule has 1 fully saturated rings. The molecule has 1 saturated heterocycles. The third kappa shape index (κ3) is 1.33. The molecule has 1 aliphatic rings. The van der Waals surface area contributed by atoms with E-state index in [1.54, 1.807) is 6.08 Å². The molecule has 0 aromatic carbocycles. The molecule has 1 atom stereocenters. The second-order valence-electron chi connectivity index (χ2n) is 1.98. The van der Waals surface area contributed by atoms with Crippen molar-refractivity contribution in [3.05, 3.63) is 25.5 Å². The Balaban J connectivity index is 2.32. The van der Waals surface area contributed by atoms with E-state index in [1.807, 2.05) is 0 Å². The van der Waals surface area contributed by atoms with E-state index in [2.05, 4.69) is 13.2 Å². The lowest BCUT2D eigenvalue weighted by molar-refractivity contribution is 0.0230. The van der Waals surface area contributed by atoms with E-state index in [-0.39, 0.29) is 5.79 Å². The van der Waals surface area contributed by atoms with Crippen molar-refractivity contribution < 1.29 is 9.47 Å². The van der Waals surface area contributed by atoms with Crippen LogP contribution in [-0.4, -0.2) is 12.4 Å². The van der Waals surface area contributed by atoms with Gasteiger partial charge in [0.25, 0.3) is 0 Å². The first kappa shape index (κ1) is 6.36. The fourth-order valence-corrected chi connectivity index (χ4v) is 0.686. The standard InChI is InChI=1S/C7H10O2/c1-3-5-7(6-9-7)8-4-2/h3-4H,1-2,5-6H2. The van der Waals surface area contributed by atoms with E-state index < -0.39 is 0 Å². The smallest absolute Gasteiger partial charge is 0.237 e. The van der Waals surface area contributed by atoms with Crippen LogP contribution in [0.1, 0.15) is 6.42 Å². The first-order chi connectivity index (χ1) is 4.33. The summed E-state index contributed by atoms with van der Waals surface area (Å²) in [5.74, 6) is -0.385. The molecular formula is C7H10O2. The van der Waals surface area contributed by atoms with Gasteiger partial charge in [-0.2, -0.15) is 0 Å². The highest BCUT2D eigenvalue weighted by Gasteiger charge is 2.45.